The van der Waals surface area contributed by atoms with E-state index in [2.05, 4.69) is 25.8 Å². The minimum Gasteiger partial charge on any atom is -0.459 e. The van der Waals surface area contributed by atoms with E-state index in [1.165, 1.54) is 6.42 Å². The van der Waals surface area contributed by atoms with Crippen LogP contribution in [0, 0.1) is 11.3 Å². The lowest BCUT2D eigenvalue weighted by atomic mass is 9.71. The van der Waals surface area contributed by atoms with Gasteiger partial charge in [0.05, 0.1) is 5.56 Å². The highest BCUT2D eigenvalue weighted by Crippen LogP contribution is 2.39. The number of hydrogen-bond acceptors (Lipinski definition) is 3. The first kappa shape index (κ1) is 13.1. The van der Waals surface area contributed by atoms with E-state index in [-0.39, 0.29) is 17.5 Å². The molecule has 3 nitrogen and oxygen atoms in total. The molecule has 1 aromatic rings. The Balaban J connectivity index is 1.99. The Morgan fingerprint density at radius 3 is 2.83 bits per heavy atom. The van der Waals surface area contributed by atoms with Crippen molar-refractivity contribution in [2.24, 2.45) is 11.3 Å². The van der Waals surface area contributed by atoms with Crippen molar-refractivity contribution in [1.29, 1.82) is 0 Å². The number of esters is 1. The highest BCUT2D eigenvalue weighted by molar-refractivity contribution is 5.89. The van der Waals surface area contributed by atoms with E-state index in [9.17, 15) is 4.79 Å². The van der Waals surface area contributed by atoms with Gasteiger partial charge in [-0.05, 0) is 42.7 Å². The summed E-state index contributed by atoms with van der Waals surface area (Å²) < 4.78 is 5.60. The quantitative estimate of drug-likeness (QED) is 0.751. The standard InChI is InChI=1S/C15H21NO2/c1-11-7-13(9-15(2,3)8-11)18-14(17)12-5-4-6-16-10-12/h4-6,10-11,13H,7-9H2,1-3H3/t11-,13-/m1/s1. The van der Waals surface area contributed by atoms with Crippen molar-refractivity contribution in [3.8, 4) is 0 Å². The van der Waals surface area contributed by atoms with Gasteiger partial charge in [-0.15, -0.1) is 0 Å². The summed E-state index contributed by atoms with van der Waals surface area (Å²) in [5.41, 5.74) is 0.797. The largest absolute Gasteiger partial charge is 0.459 e. The average molecular weight is 247 g/mol. The van der Waals surface area contributed by atoms with Crippen molar-refractivity contribution >= 4 is 5.97 Å². The van der Waals surface area contributed by atoms with E-state index in [0.29, 0.717) is 11.5 Å². The van der Waals surface area contributed by atoms with Crippen LogP contribution in [-0.4, -0.2) is 17.1 Å². The third-order valence-corrected chi connectivity index (χ3v) is 3.52. The molecule has 0 radical (unpaired) electrons. The summed E-state index contributed by atoms with van der Waals surface area (Å²) in [6, 6.07) is 3.50. The summed E-state index contributed by atoms with van der Waals surface area (Å²) in [5.74, 6) is 0.360. The zero-order valence-corrected chi connectivity index (χ0v) is 11.3. The molecule has 1 heterocycles. The lowest BCUT2D eigenvalue weighted by molar-refractivity contribution is -0.00717. The highest BCUT2D eigenvalue weighted by Gasteiger charge is 2.34. The van der Waals surface area contributed by atoms with Gasteiger partial charge in [0.15, 0.2) is 0 Å². The molecule has 0 aliphatic heterocycles. The Morgan fingerprint density at radius 2 is 2.22 bits per heavy atom. The second-order valence-electron chi connectivity index (χ2n) is 6.18. The minimum atomic E-state index is -0.252. The Hall–Kier alpha value is -1.38. The summed E-state index contributed by atoms with van der Waals surface area (Å²) in [6.45, 7) is 6.72. The van der Waals surface area contributed by atoms with Crippen LogP contribution in [0.4, 0.5) is 0 Å². The Bertz CT molecular complexity index is 414. The lowest BCUT2D eigenvalue weighted by Crippen LogP contribution is -2.34. The third-order valence-electron chi connectivity index (χ3n) is 3.52. The first-order valence-corrected chi connectivity index (χ1v) is 6.57. The molecule has 1 aromatic heterocycles. The first-order valence-electron chi connectivity index (χ1n) is 6.57. The van der Waals surface area contributed by atoms with Crippen molar-refractivity contribution < 1.29 is 9.53 Å². The van der Waals surface area contributed by atoms with Gasteiger partial charge in [-0.1, -0.05) is 20.8 Å². The summed E-state index contributed by atoms with van der Waals surface area (Å²) in [6.07, 6.45) is 6.37. The van der Waals surface area contributed by atoms with Gasteiger partial charge in [0.2, 0.25) is 0 Å². The summed E-state index contributed by atoms with van der Waals surface area (Å²) in [4.78, 5) is 15.9. The number of carbonyl (C=O) groups excluding carboxylic acids is 1. The van der Waals surface area contributed by atoms with Crippen LogP contribution in [0.2, 0.25) is 0 Å². The maximum absolute atomic E-state index is 12.0. The second kappa shape index (κ2) is 5.09. The molecule has 0 bridgehead atoms. The predicted molar refractivity (Wildman–Crippen MR) is 70.2 cm³/mol. The maximum Gasteiger partial charge on any atom is 0.339 e. The Morgan fingerprint density at radius 1 is 1.44 bits per heavy atom. The predicted octanol–water partition coefficient (Wildman–Crippen LogP) is 3.45. The smallest absolute Gasteiger partial charge is 0.339 e. The minimum absolute atomic E-state index is 0.0384. The fourth-order valence-electron chi connectivity index (χ4n) is 3.05. The van der Waals surface area contributed by atoms with Crippen LogP contribution in [0.1, 0.15) is 50.4 Å². The van der Waals surface area contributed by atoms with Crippen LogP contribution in [0.5, 0.6) is 0 Å². The molecule has 0 spiro atoms. The van der Waals surface area contributed by atoms with Gasteiger partial charge in [-0.2, -0.15) is 0 Å². The number of nitrogens with zero attached hydrogens (tertiary/aromatic N) is 1. The number of hydrogen-bond donors (Lipinski definition) is 0. The fraction of sp³-hybridized carbons (Fsp3) is 0.600. The van der Waals surface area contributed by atoms with Gasteiger partial charge in [-0.25, -0.2) is 4.79 Å². The number of aromatic nitrogens is 1. The monoisotopic (exact) mass is 247 g/mol. The van der Waals surface area contributed by atoms with Crippen LogP contribution in [0.25, 0.3) is 0 Å². The number of carbonyl (C=O) groups is 1. The van der Waals surface area contributed by atoms with E-state index < -0.39 is 0 Å². The molecule has 2 atom stereocenters. The number of pyridine rings is 1. The van der Waals surface area contributed by atoms with Crippen molar-refractivity contribution in [3.63, 3.8) is 0 Å². The molecule has 0 aromatic carbocycles. The number of ether oxygens (including phenoxy) is 1. The van der Waals surface area contributed by atoms with Crippen molar-refractivity contribution in [1.82, 2.24) is 4.98 Å². The average Bonchev–Trinajstić information content (AvgIpc) is 2.27. The molecule has 98 valence electrons. The van der Waals surface area contributed by atoms with Gasteiger partial charge >= 0.3 is 5.97 Å². The molecule has 1 fully saturated rings. The third kappa shape index (κ3) is 3.31. The van der Waals surface area contributed by atoms with Crippen LogP contribution < -0.4 is 0 Å². The molecule has 0 unspecified atom stereocenters. The van der Waals surface area contributed by atoms with E-state index in [0.717, 1.165) is 12.8 Å². The SMILES string of the molecule is C[C@@H]1C[C@@H](OC(=O)c2cccnc2)CC(C)(C)C1. The zero-order valence-electron chi connectivity index (χ0n) is 11.3. The van der Waals surface area contributed by atoms with Crippen molar-refractivity contribution in [3.05, 3.63) is 30.1 Å². The second-order valence-corrected chi connectivity index (χ2v) is 6.18. The Kier molecular flexibility index (Phi) is 3.69. The van der Waals surface area contributed by atoms with Crippen LogP contribution in [0.3, 0.4) is 0 Å². The summed E-state index contributed by atoms with van der Waals surface area (Å²) in [7, 11) is 0. The van der Waals surface area contributed by atoms with E-state index in [1.807, 2.05) is 0 Å². The molecular weight excluding hydrogens is 226 g/mol. The van der Waals surface area contributed by atoms with Gasteiger partial charge in [0, 0.05) is 12.4 Å². The molecule has 1 aliphatic rings. The van der Waals surface area contributed by atoms with Crippen LogP contribution in [0.15, 0.2) is 24.5 Å². The van der Waals surface area contributed by atoms with E-state index >= 15 is 0 Å². The van der Waals surface area contributed by atoms with Crippen LogP contribution in [-0.2, 0) is 4.74 Å². The van der Waals surface area contributed by atoms with Gasteiger partial charge in [0.1, 0.15) is 6.10 Å². The molecule has 0 amide bonds. The van der Waals surface area contributed by atoms with E-state index in [1.54, 1.807) is 24.5 Å². The van der Waals surface area contributed by atoms with Gasteiger partial charge < -0.3 is 4.74 Å². The summed E-state index contributed by atoms with van der Waals surface area (Å²) in [5, 5.41) is 0. The normalized spacial score (nSPS) is 26.6. The Labute approximate surface area is 109 Å². The molecule has 1 saturated carbocycles. The van der Waals surface area contributed by atoms with Gasteiger partial charge in [-0.3, -0.25) is 4.98 Å². The molecule has 0 N–H and O–H groups in total. The maximum atomic E-state index is 12.0. The van der Waals surface area contributed by atoms with Crippen molar-refractivity contribution in [2.45, 2.75) is 46.1 Å². The number of rotatable bonds is 2. The molecular formula is C15H21NO2. The lowest BCUT2D eigenvalue weighted by Gasteiger charge is -2.38. The summed E-state index contributed by atoms with van der Waals surface area (Å²) >= 11 is 0. The van der Waals surface area contributed by atoms with Crippen molar-refractivity contribution in [2.75, 3.05) is 0 Å². The molecule has 2 rings (SSSR count). The highest BCUT2D eigenvalue weighted by atomic mass is 16.5. The topological polar surface area (TPSA) is 39.2 Å². The van der Waals surface area contributed by atoms with Crippen LogP contribution >= 0.6 is 0 Å². The molecule has 18 heavy (non-hydrogen) atoms. The van der Waals surface area contributed by atoms with Gasteiger partial charge in [0.25, 0.3) is 0 Å². The first-order chi connectivity index (χ1) is 8.46. The molecule has 0 saturated heterocycles. The van der Waals surface area contributed by atoms with E-state index in [4.69, 9.17) is 4.74 Å². The molecule has 1 aliphatic carbocycles. The fourth-order valence-corrected chi connectivity index (χ4v) is 3.05. The zero-order chi connectivity index (χ0) is 13.2. The molecule has 3 heteroatoms.